The highest BCUT2D eigenvalue weighted by Crippen LogP contribution is 2.20. The summed E-state index contributed by atoms with van der Waals surface area (Å²) in [4.78, 5) is 9.82. The van der Waals surface area contributed by atoms with E-state index in [9.17, 15) is 17.6 Å². The molecule has 0 atom stereocenters. The highest BCUT2D eigenvalue weighted by Gasteiger charge is 2.12. The summed E-state index contributed by atoms with van der Waals surface area (Å²) in [6.45, 7) is -0.207. The second-order valence-corrected chi connectivity index (χ2v) is 4.69. The molecule has 6 nitrogen and oxygen atoms in total. The van der Waals surface area contributed by atoms with Gasteiger partial charge in [-0.3, -0.25) is 4.79 Å². The number of carbonyl (C=O) groups is 1. The van der Waals surface area contributed by atoms with Crippen molar-refractivity contribution in [3.63, 3.8) is 0 Å². The van der Waals surface area contributed by atoms with Crippen LogP contribution in [0.5, 0.6) is 5.75 Å². The number of benzene rings is 1. The van der Waals surface area contributed by atoms with Crippen molar-refractivity contribution < 1.29 is 27.4 Å². The van der Waals surface area contributed by atoms with E-state index >= 15 is 0 Å². The van der Waals surface area contributed by atoms with Crippen molar-refractivity contribution in [1.82, 2.24) is 0 Å². The average Bonchev–Trinajstić information content (AvgIpc) is 2.18. The first-order valence-corrected chi connectivity index (χ1v) is 6.02. The molecule has 0 fully saturated rings. The zero-order chi connectivity index (χ0) is 13.1. The largest absolute Gasteiger partial charge is 0.490 e. The SMILES string of the molecule is NS(=O)(=O)c1ccc(OCCC(=O)O)c(F)c1. The predicted molar refractivity (Wildman–Crippen MR) is 55.5 cm³/mol. The first-order chi connectivity index (χ1) is 7.80. The summed E-state index contributed by atoms with van der Waals surface area (Å²) in [5.41, 5.74) is 0. The van der Waals surface area contributed by atoms with Crippen LogP contribution in [0.3, 0.4) is 0 Å². The van der Waals surface area contributed by atoms with Gasteiger partial charge >= 0.3 is 5.97 Å². The van der Waals surface area contributed by atoms with Gasteiger partial charge in [-0.25, -0.2) is 17.9 Å². The Bertz CT molecular complexity index is 528. The first-order valence-electron chi connectivity index (χ1n) is 4.47. The quantitative estimate of drug-likeness (QED) is 0.795. The summed E-state index contributed by atoms with van der Waals surface area (Å²) < 4.78 is 39.9. The molecule has 0 aliphatic rings. The second-order valence-electron chi connectivity index (χ2n) is 3.13. The van der Waals surface area contributed by atoms with Gasteiger partial charge in [0.05, 0.1) is 17.9 Å². The maximum Gasteiger partial charge on any atom is 0.306 e. The lowest BCUT2D eigenvalue weighted by Crippen LogP contribution is -2.12. The number of rotatable bonds is 5. The van der Waals surface area contributed by atoms with Gasteiger partial charge in [-0.1, -0.05) is 0 Å². The summed E-state index contributed by atoms with van der Waals surface area (Å²) in [6.07, 6.45) is -0.281. The molecule has 1 rings (SSSR count). The molecule has 0 amide bonds. The smallest absolute Gasteiger partial charge is 0.306 e. The molecule has 94 valence electrons. The van der Waals surface area contributed by atoms with Crippen molar-refractivity contribution in [3.8, 4) is 5.75 Å². The van der Waals surface area contributed by atoms with Gasteiger partial charge in [-0.2, -0.15) is 0 Å². The van der Waals surface area contributed by atoms with Crippen molar-refractivity contribution in [3.05, 3.63) is 24.0 Å². The minimum atomic E-state index is -3.97. The number of sulfonamides is 1. The number of aliphatic carboxylic acids is 1. The third kappa shape index (κ3) is 4.00. The molecule has 1 aromatic rings. The maximum absolute atomic E-state index is 13.3. The van der Waals surface area contributed by atoms with Crippen LogP contribution >= 0.6 is 0 Å². The summed E-state index contributed by atoms with van der Waals surface area (Å²) in [6, 6.07) is 2.87. The number of primary sulfonamides is 1. The highest BCUT2D eigenvalue weighted by molar-refractivity contribution is 7.89. The average molecular weight is 263 g/mol. The van der Waals surface area contributed by atoms with Crippen LogP contribution in [-0.4, -0.2) is 26.1 Å². The van der Waals surface area contributed by atoms with E-state index in [1.807, 2.05) is 0 Å². The van der Waals surface area contributed by atoms with Crippen LogP contribution in [0.25, 0.3) is 0 Å². The topological polar surface area (TPSA) is 107 Å². The normalized spacial score (nSPS) is 11.2. The number of nitrogens with two attached hydrogens (primary N) is 1. The minimum Gasteiger partial charge on any atom is -0.490 e. The van der Waals surface area contributed by atoms with E-state index in [1.165, 1.54) is 0 Å². The molecule has 0 unspecified atom stereocenters. The van der Waals surface area contributed by atoms with Crippen LogP contribution < -0.4 is 9.88 Å². The van der Waals surface area contributed by atoms with E-state index in [0.717, 1.165) is 12.1 Å². The van der Waals surface area contributed by atoms with E-state index in [4.69, 9.17) is 15.0 Å². The Morgan fingerprint density at radius 2 is 2.12 bits per heavy atom. The van der Waals surface area contributed by atoms with Crippen molar-refractivity contribution in [2.75, 3.05) is 6.61 Å². The summed E-state index contributed by atoms with van der Waals surface area (Å²) in [5, 5.41) is 13.1. The van der Waals surface area contributed by atoms with E-state index in [0.29, 0.717) is 6.07 Å². The van der Waals surface area contributed by atoms with Crippen molar-refractivity contribution in [2.45, 2.75) is 11.3 Å². The molecular formula is C9H10FNO5S. The Morgan fingerprint density at radius 3 is 2.59 bits per heavy atom. The number of halogens is 1. The monoisotopic (exact) mass is 263 g/mol. The third-order valence-corrected chi connectivity index (χ3v) is 2.72. The molecule has 3 N–H and O–H groups in total. The van der Waals surface area contributed by atoms with Gasteiger partial charge in [0.2, 0.25) is 10.0 Å². The van der Waals surface area contributed by atoms with Gasteiger partial charge in [0.25, 0.3) is 0 Å². The molecule has 0 radical (unpaired) electrons. The molecule has 0 bridgehead atoms. The van der Waals surface area contributed by atoms with E-state index in [1.54, 1.807) is 0 Å². The van der Waals surface area contributed by atoms with Gasteiger partial charge in [0.15, 0.2) is 11.6 Å². The standard InChI is InChI=1S/C9H10FNO5S/c10-7-5-6(17(11,14)15)1-2-8(7)16-4-3-9(12)13/h1-2,5H,3-4H2,(H,12,13)(H2,11,14,15). The van der Waals surface area contributed by atoms with Crippen molar-refractivity contribution >= 4 is 16.0 Å². The number of hydrogen-bond acceptors (Lipinski definition) is 4. The summed E-state index contributed by atoms with van der Waals surface area (Å²) in [5.74, 6) is -2.22. The van der Waals surface area contributed by atoms with Gasteiger partial charge in [0.1, 0.15) is 0 Å². The van der Waals surface area contributed by atoms with Crippen LogP contribution in [-0.2, 0) is 14.8 Å². The molecule has 0 spiro atoms. The molecule has 8 heteroatoms. The molecular weight excluding hydrogens is 253 g/mol. The molecule has 0 saturated heterocycles. The Morgan fingerprint density at radius 1 is 1.47 bits per heavy atom. The fourth-order valence-corrected chi connectivity index (χ4v) is 1.55. The maximum atomic E-state index is 13.3. The van der Waals surface area contributed by atoms with Crippen LogP contribution in [0.4, 0.5) is 4.39 Å². The number of carboxylic acid groups (broad SMARTS) is 1. The lowest BCUT2D eigenvalue weighted by molar-refractivity contribution is -0.137. The Balaban J connectivity index is 2.80. The van der Waals surface area contributed by atoms with E-state index in [2.05, 4.69) is 0 Å². The number of hydrogen-bond donors (Lipinski definition) is 2. The fraction of sp³-hybridized carbons (Fsp3) is 0.222. The third-order valence-electron chi connectivity index (χ3n) is 1.81. The van der Waals surface area contributed by atoms with Gasteiger partial charge in [0, 0.05) is 0 Å². The van der Waals surface area contributed by atoms with Gasteiger partial charge in [-0.05, 0) is 18.2 Å². The molecule has 1 aromatic carbocycles. The van der Waals surface area contributed by atoms with Gasteiger partial charge < -0.3 is 9.84 Å². The Kier molecular flexibility index (Phi) is 4.02. The summed E-state index contributed by atoms with van der Waals surface area (Å²) >= 11 is 0. The van der Waals surface area contributed by atoms with Crippen molar-refractivity contribution in [2.24, 2.45) is 5.14 Å². The molecule has 0 aromatic heterocycles. The zero-order valence-corrected chi connectivity index (χ0v) is 9.41. The van der Waals surface area contributed by atoms with Gasteiger partial charge in [-0.15, -0.1) is 0 Å². The number of carboxylic acids is 1. The second kappa shape index (κ2) is 5.11. The lowest BCUT2D eigenvalue weighted by Gasteiger charge is -2.06. The van der Waals surface area contributed by atoms with E-state index in [-0.39, 0.29) is 23.7 Å². The predicted octanol–water partition coefficient (Wildman–Crippen LogP) is 0.327. The van der Waals surface area contributed by atoms with Crippen LogP contribution in [0, 0.1) is 5.82 Å². The van der Waals surface area contributed by atoms with Crippen molar-refractivity contribution in [1.29, 1.82) is 0 Å². The van der Waals surface area contributed by atoms with Crippen LogP contribution in [0.2, 0.25) is 0 Å². The molecule has 0 aliphatic carbocycles. The summed E-state index contributed by atoms with van der Waals surface area (Å²) in [7, 11) is -3.97. The molecule has 17 heavy (non-hydrogen) atoms. The molecule has 0 saturated carbocycles. The zero-order valence-electron chi connectivity index (χ0n) is 8.59. The van der Waals surface area contributed by atoms with Crippen LogP contribution in [0.1, 0.15) is 6.42 Å². The Labute approximate surface area is 96.9 Å². The molecule has 0 heterocycles. The van der Waals surface area contributed by atoms with Crippen LogP contribution in [0.15, 0.2) is 23.1 Å². The van der Waals surface area contributed by atoms with E-state index < -0.39 is 21.8 Å². The Hall–Kier alpha value is -1.67. The first kappa shape index (κ1) is 13.4. The number of ether oxygens (including phenoxy) is 1. The minimum absolute atomic E-state index is 0.207. The highest BCUT2D eigenvalue weighted by atomic mass is 32.2. The molecule has 0 aliphatic heterocycles. The lowest BCUT2D eigenvalue weighted by atomic mass is 10.3. The fourth-order valence-electron chi connectivity index (χ4n) is 1.02.